The Bertz CT molecular complexity index is 915. The van der Waals surface area contributed by atoms with Gasteiger partial charge in [0.2, 0.25) is 5.91 Å². The molecule has 0 aliphatic heterocycles. The van der Waals surface area contributed by atoms with Crippen LogP contribution in [0.1, 0.15) is 245 Å². The summed E-state index contributed by atoms with van der Waals surface area (Å²) in [5.41, 5.74) is 0. The van der Waals surface area contributed by atoms with Gasteiger partial charge in [0.15, 0.2) is 0 Å². The second-order valence-electron chi connectivity index (χ2n) is 16.4. The van der Waals surface area contributed by atoms with Crippen molar-refractivity contribution in [1.29, 1.82) is 0 Å². The van der Waals surface area contributed by atoms with E-state index in [1.54, 1.807) is 0 Å². The Morgan fingerprint density at radius 1 is 0.500 bits per heavy atom. The number of amides is 1. The lowest BCUT2D eigenvalue weighted by molar-refractivity contribution is -0.143. The molecule has 328 valence electrons. The third-order valence-electron chi connectivity index (χ3n) is 10.9. The number of nitrogens with one attached hydrogen (secondary N) is 1. The van der Waals surface area contributed by atoms with Crippen molar-refractivity contribution < 1.29 is 24.5 Å². The first-order valence-corrected chi connectivity index (χ1v) is 24.2. The molecule has 0 bridgehead atoms. The number of carbonyl (C=O) groups is 2. The lowest BCUT2D eigenvalue weighted by atomic mass is 10.0. The average molecular weight is 788 g/mol. The fourth-order valence-corrected chi connectivity index (χ4v) is 7.13. The van der Waals surface area contributed by atoms with Crippen LogP contribution >= 0.6 is 0 Å². The molecular weight excluding hydrogens is 695 g/mol. The number of hydrogen-bond acceptors (Lipinski definition) is 5. The first-order chi connectivity index (χ1) is 27.5. The van der Waals surface area contributed by atoms with Crippen LogP contribution in [0.2, 0.25) is 0 Å². The summed E-state index contributed by atoms with van der Waals surface area (Å²) in [4.78, 5) is 24.4. The molecule has 0 aliphatic carbocycles. The average Bonchev–Trinajstić information content (AvgIpc) is 3.20. The molecule has 0 radical (unpaired) electrons. The second kappa shape index (κ2) is 45.8. The zero-order chi connectivity index (χ0) is 40.8. The summed E-state index contributed by atoms with van der Waals surface area (Å²) in [6.45, 7) is 4.81. The molecule has 56 heavy (non-hydrogen) atoms. The minimum atomic E-state index is -0.696. The summed E-state index contributed by atoms with van der Waals surface area (Å²) >= 11 is 0. The van der Waals surface area contributed by atoms with Crippen LogP contribution in [0.15, 0.2) is 36.5 Å². The van der Waals surface area contributed by atoms with E-state index in [4.69, 9.17) is 4.74 Å². The largest absolute Gasteiger partial charge is 0.466 e. The van der Waals surface area contributed by atoms with Crippen LogP contribution in [0.5, 0.6) is 0 Å². The Labute approximate surface area is 347 Å². The van der Waals surface area contributed by atoms with E-state index in [0.717, 1.165) is 83.5 Å². The first-order valence-electron chi connectivity index (χ1n) is 24.2. The molecule has 2 unspecified atom stereocenters. The van der Waals surface area contributed by atoms with Crippen LogP contribution in [0.25, 0.3) is 0 Å². The van der Waals surface area contributed by atoms with Gasteiger partial charge in [0.25, 0.3) is 0 Å². The number of allylic oxidation sites excluding steroid dienone is 6. The quantitative estimate of drug-likeness (QED) is 0.0325. The summed E-state index contributed by atoms with van der Waals surface area (Å²) in [5.74, 6) is -0.148. The topological polar surface area (TPSA) is 95.9 Å². The standard InChI is InChI=1S/C50H93NO5/c1-3-5-7-9-11-13-15-17-19-20-21-23-26-30-34-38-42-48(53)47(46-52)51-49(54)43-39-35-31-27-25-29-33-37-41-45-56-50(55)44-40-36-32-28-24-22-18-16-14-12-10-8-6-4-2/h10,12,16,18,27,31,47-48,52-53H,3-9,11,13-15,17,19-26,28-30,32-46H2,1-2H3,(H,51,54)/b12-10-,18-16-,31-27-. The molecule has 0 heterocycles. The van der Waals surface area contributed by atoms with Gasteiger partial charge in [-0.25, -0.2) is 0 Å². The molecule has 0 saturated carbocycles. The molecule has 6 nitrogen and oxygen atoms in total. The van der Waals surface area contributed by atoms with E-state index in [0.29, 0.717) is 25.9 Å². The maximum absolute atomic E-state index is 12.4. The lowest BCUT2D eigenvalue weighted by Crippen LogP contribution is -2.45. The fourth-order valence-electron chi connectivity index (χ4n) is 7.13. The maximum atomic E-state index is 12.4. The molecule has 0 saturated heterocycles. The van der Waals surface area contributed by atoms with Gasteiger partial charge in [-0.3, -0.25) is 9.59 Å². The summed E-state index contributed by atoms with van der Waals surface area (Å²) in [6, 6.07) is -0.580. The molecule has 0 aromatic heterocycles. The molecule has 0 rings (SSSR count). The van der Waals surface area contributed by atoms with Crippen molar-refractivity contribution in [2.45, 2.75) is 257 Å². The molecule has 0 spiro atoms. The van der Waals surface area contributed by atoms with Gasteiger partial charge >= 0.3 is 5.97 Å². The zero-order valence-electron chi connectivity index (χ0n) is 37.1. The van der Waals surface area contributed by atoms with Crippen molar-refractivity contribution in [3.05, 3.63) is 36.5 Å². The highest BCUT2D eigenvalue weighted by atomic mass is 16.5. The van der Waals surface area contributed by atoms with Gasteiger partial charge in [-0.15, -0.1) is 0 Å². The molecule has 2 atom stereocenters. The molecule has 0 aliphatic rings. The third-order valence-corrected chi connectivity index (χ3v) is 10.9. The minimum absolute atomic E-state index is 0.0508. The van der Waals surface area contributed by atoms with Gasteiger partial charge < -0.3 is 20.3 Å². The number of aliphatic hydroxyl groups is 2. The molecule has 1 amide bonds. The Morgan fingerprint density at radius 3 is 1.46 bits per heavy atom. The number of aliphatic hydroxyl groups excluding tert-OH is 2. The molecule has 6 heteroatoms. The van der Waals surface area contributed by atoms with Gasteiger partial charge in [0.1, 0.15) is 0 Å². The number of rotatable bonds is 44. The van der Waals surface area contributed by atoms with E-state index >= 15 is 0 Å². The smallest absolute Gasteiger partial charge is 0.305 e. The normalized spacial score (nSPS) is 13.0. The van der Waals surface area contributed by atoms with E-state index in [1.807, 2.05) is 0 Å². The van der Waals surface area contributed by atoms with Gasteiger partial charge in [-0.1, -0.05) is 198 Å². The van der Waals surface area contributed by atoms with E-state index in [1.165, 1.54) is 128 Å². The first kappa shape index (κ1) is 54.1. The highest BCUT2D eigenvalue weighted by Crippen LogP contribution is 2.15. The van der Waals surface area contributed by atoms with Crippen LogP contribution in [0, 0.1) is 0 Å². The Hall–Kier alpha value is -1.92. The second-order valence-corrected chi connectivity index (χ2v) is 16.4. The van der Waals surface area contributed by atoms with Crippen LogP contribution in [-0.4, -0.2) is 47.4 Å². The highest BCUT2D eigenvalue weighted by Gasteiger charge is 2.20. The van der Waals surface area contributed by atoms with Crippen molar-refractivity contribution >= 4 is 11.9 Å². The number of ether oxygens (including phenoxy) is 1. The minimum Gasteiger partial charge on any atom is -0.466 e. The molecule has 0 aromatic carbocycles. The highest BCUT2D eigenvalue weighted by molar-refractivity contribution is 5.76. The summed E-state index contributed by atoms with van der Waals surface area (Å²) in [7, 11) is 0. The third kappa shape index (κ3) is 41.7. The molecule has 0 aromatic rings. The fraction of sp³-hybridized carbons (Fsp3) is 0.840. The predicted octanol–water partition coefficient (Wildman–Crippen LogP) is 14.1. The van der Waals surface area contributed by atoms with Crippen molar-refractivity contribution in [2.75, 3.05) is 13.2 Å². The van der Waals surface area contributed by atoms with Crippen molar-refractivity contribution in [2.24, 2.45) is 0 Å². The van der Waals surface area contributed by atoms with Crippen molar-refractivity contribution in [1.82, 2.24) is 5.32 Å². The Kier molecular flexibility index (Phi) is 44.2. The molecular formula is C50H93NO5. The van der Waals surface area contributed by atoms with Crippen LogP contribution in [-0.2, 0) is 14.3 Å². The van der Waals surface area contributed by atoms with Gasteiger partial charge in [-0.05, 0) is 70.6 Å². The van der Waals surface area contributed by atoms with E-state index in [-0.39, 0.29) is 18.5 Å². The van der Waals surface area contributed by atoms with Gasteiger partial charge in [0, 0.05) is 12.8 Å². The number of hydrogen-bond donors (Lipinski definition) is 3. The predicted molar refractivity (Wildman–Crippen MR) is 241 cm³/mol. The SMILES string of the molecule is CCCC/C=C\C/C=C\CCCCCCCC(=O)OCCCCCC/C=C\CCCC(=O)NC(CO)C(O)CCCCCCCCCCCCCCCCCC. The van der Waals surface area contributed by atoms with Crippen molar-refractivity contribution in [3.63, 3.8) is 0 Å². The van der Waals surface area contributed by atoms with Crippen LogP contribution in [0.3, 0.4) is 0 Å². The maximum Gasteiger partial charge on any atom is 0.305 e. The van der Waals surface area contributed by atoms with E-state index < -0.39 is 12.1 Å². The summed E-state index contributed by atoms with van der Waals surface area (Å²) < 4.78 is 5.42. The lowest BCUT2D eigenvalue weighted by Gasteiger charge is -2.22. The van der Waals surface area contributed by atoms with E-state index in [2.05, 4.69) is 55.6 Å². The van der Waals surface area contributed by atoms with Crippen molar-refractivity contribution in [3.8, 4) is 0 Å². The molecule has 0 fully saturated rings. The number of carbonyl (C=O) groups excluding carboxylic acids is 2. The number of unbranched alkanes of at least 4 members (excludes halogenated alkanes) is 27. The van der Waals surface area contributed by atoms with Crippen LogP contribution < -0.4 is 5.32 Å². The van der Waals surface area contributed by atoms with Gasteiger partial charge in [-0.2, -0.15) is 0 Å². The Morgan fingerprint density at radius 2 is 0.929 bits per heavy atom. The Balaban J connectivity index is 3.57. The summed E-state index contributed by atoms with van der Waals surface area (Å²) in [5, 5.41) is 23.2. The molecule has 3 N–H and O–H groups in total. The monoisotopic (exact) mass is 788 g/mol. The van der Waals surface area contributed by atoms with E-state index in [9.17, 15) is 19.8 Å². The zero-order valence-corrected chi connectivity index (χ0v) is 37.1. The number of esters is 1. The van der Waals surface area contributed by atoms with Crippen LogP contribution in [0.4, 0.5) is 0 Å². The summed E-state index contributed by atoms with van der Waals surface area (Å²) in [6.07, 6.45) is 53.9. The van der Waals surface area contributed by atoms with Gasteiger partial charge in [0.05, 0.1) is 25.4 Å².